The molecule has 3 aromatic heterocycles. The molecule has 0 amide bonds. The molecule has 5 nitrogen and oxygen atoms in total. The van der Waals surface area contributed by atoms with Crippen LogP contribution in [0.4, 0.5) is 5.69 Å². The molecule has 0 radical (unpaired) electrons. The molecule has 0 bridgehead atoms. The number of anilines is 1. The predicted molar refractivity (Wildman–Crippen MR) is 132 cm³/mol. The summed E-state index contributed by atoms with van der Waals surface area (Å²) >= 11 is 1.73. The summed E-state index contributed by atoms with van der Waals surface area (Å²) in [5.74, 6) is 0. The smallest absolute Gasteiger partial charge is 1.00 e. The van der Waals surface area contributed by atoms with Crippen molar-refractivity contribution >= 4 is 27.2 Å². The second kappa shape index (κ2) is 15.6. The molecular weight excluding hydrogens is 553 g/mol. The Kier molecular flexibility index (Phi) is 13.6. The van der Waals surface area contributed by atoms with Gasteiger partial charge in [-0.25, -0.2) is 4.98 Å². The number of thiazole rings is 1. The normalized spacial score (nSPS) is 9.54. The molecule has 0 unspecified atom stereocenters. The van der Waals surface area contributed by atoms with Crippen molar-refractivity contribution in [3.8, 4) is 10.6 Å². The zero-order valence-corrected chi connectivity index (χ0v) is 24.6. The number of para-hydroxylation sites is 1. The number of benzene rings is 2. The molecule has 0 fully saturated rings. The number of pyridine rings is 2. The fourth-order valence-corrected chi connectivity index (χ4v) is 4.39. The fraction of sp³-hybridized carbons (Fsp3) is 0.115. The van der Waals surface area contributed by atoms with Crippen molar-refractivity contribution in [2.75, 3.05) is 12.0 Å². The van der Waals surface area contributed by atoms with Gasteiger partial charge in [-0.2, -0.15) is 0 Å². The van der Waals surface area contributed by atoms with Crippen molar-refractivity contribution in [3.63, 3.8) is 0 Å². The van der Waals surface area contributed by atoms with E-state index in [1.165, 1.54) is 4.70 Å². The number of hydrogen-bond donors (Lipinski definition) is 1. The van der Waals surface area contributed by atoms with Crippen LogP contribution in [0, 0.1) is 0 Å². The van der Waals surface area contributed by atoms with Crippen LogP contribution in [-0.4, -0.2) is 27.2 Å². The Labute approximate surface area is 234 Å². The van der Waals surface area contributed by atoms with Gasteiger partial charge in [0.25, 0.3) is 0 Å². The Morgan fingerprint density at radius 3 is 1.77 bits per heavy atom. The number of halogens is 2. The number of nitrogens with zero attached hydrogens (tertiary/aromatic N) is 4. The average molecular weight is 577 g/mol. The molecule has 0 aliphatic heterocycles. The molecule has 3 heterocycles. The standard InChI is InChI=1S/C25H20N4S.CH4O.2ClH.Zn/c1-2-10-24-23(9-1)28-25(30-24)19-11-13-22(14-12-19)29(17-20-7-3-5-15-26-20)18-21-8-4-6-16-27-21;1-2;;;/h1-16H,17-18H2;2H,1H3;2*1H;/q;;;;+2/p-2. The molecule has 2 aromatic carbocycles. The van der Waals surface area contributed by atoms with Gasteiger partial charge < -0.3 is 34.8 Å². The molecule has 0 saturated heterocycles. The van der Waals surface area contributed by atoms with Crippen molar-refractivity contribution in [2.24, 2.45) is 0 Å². The topological polar surface area (TPSA) is 62.1 Å². The molecule has 0 atom stereocenters. The van der Waals surface area contributed by atoms with Gasteiger partial charge in [-0.3, -0.25) is 9.97 Å². The van der Waals surface area contributed by atoms with Gasteiger partial charge in [0.2, 0.25) is 0 Å². The summed E-state index contributed by atoms with van der Waals surface area (Å²) in [5, 5.41) is 8.05. The molecule has 0 saturated carbocycles. The Bertz CT molecular complexity index is 1180. The van der Waals surface area contributed by atoms with Crippen LogP contribution < -0.4 is 29.7 Å². The third-order valence-electron chi connectivity index (χ3n) is 4.93. The zero-order chi connectivity index (χ0) is 22.2. The first-order chi connectivity index (χ1) is 15.8. The van der Waals surface area contributed by atoms with Gasteiger partial charge in [-0.05, 0) is 60.7 Å². The molecule has 9 heteroatoms. The SMILES string of the molecule is CO.[Cl-].[Cl-].[Zn+2].c1ccc(CN(Cc2ccccn2)c2ccc(-c3nc4ccccc4s3)cc2)nc1. The number of aliphatic hydroxyl groups is 1. The second-order valence-corrected chi connectivity index (χ2v) is 8.06. The van der Waals surface area contributed by atoms with Gasteiger partial charge >= 0.3 is 19.5 Å². The van der Waals surface area contributed by atoms with E-state index < -0.39 is 0 Å². The first-order valence-corrected chi connectivity index (χ1v) is 11.1. The first kappa shape index (κ1) is 30.6. The molecule has 35 heavy (non-hydrogen) atoms. The molecule has 0 aliphatic carbocycles. The van der Waals surface area contributed by atoms with E-state index in [1.807, 2.05) is 42.7 Å². The van der Waals surface area contributed by atoms with Crippen LogP contribution in [-0.2, 0) is 32.6 Å². The maximum absolute atomic E-state index is 7.00. The number of hydrogen-bond acceptors (Lipinski definition) is 6. The minimum absolute atomic E-state index is 0. The van der Waals surface area contributed by atoms with Crippen molar-refractivity contribution < 1.29 is 49.4 Å². The maximum Gasteiger partial charge on any atom is 2.00 e. The van der Waals surface area contributed by atoms with E-state index >= 15 is 0 Å². The minimum atomic E-state index is 0. The van der Waals surface area contributed by atoms with E-state index in [-0.39, 0.29) is 44.3 Å². The number of fused-ring (bicyclic) bond motifs is 1. The van der Waals surface area contributed by atoms with Crippen molar-refractivity contribution in [1.29, 1.82) is 0 Å². The first-order valence-electron chi connectivity index (χ1n) is 10.3. The van der Waals surface area contributed by atoms with Crippen LogP contribution in [0.1, 0.15) is 11.4 Å². The summed E-state index contributed by atoms with van der Waals surface area (Å²) in [6, 6.07) is 28.9. The van der Waals surface area contributed by atoms with E-state index in [0.717, 1.165) is 53.4 Å². The van der Waals surface area contributed by atoms with E-state index in [4.69, 9.17) is 10.1 Å². The monoisotopic (exact) mass is 574 g/mol. The van der Waals surface area contributed by atoms with Gasteiger partial charge in [0.15, 0.2) is 0 Å². The van der Waals surface area contributed by atoms with Crippen LogP contribution in [0.3, 0.4) is 0 Å². The molecule has 0 spiro atoms. The van der Waals surface area contributed by atoms with Crippen LogP contribution in [0.15, 0.2) is 97.3 Å². The Balaban J connectivity index is 0.00000120. The summed E-state index contributed by atoms with van der Waals surface area (Å²) < 4.78 is 1.21. The Morgan fingerprint density at radius 1 is 0.714 bits per heavy atom. The van der Waals surface area contributed by atoms with Crippen LogP contribution in [0.5, 0.6) is 0 Å². The third kappa shape index (κ3) is 8.06. The summed E-state index contributed by atoms with van der Waals surface area (Å²) in [7, 11) is 1.00. The molecule has 176 valence electrons. The predicted octanol–water partition coefficient (Wildman–Crippen LogP) is -0.426. The maximum atomic E-state index is 7.00. The number of aromatic nitrogens is 3. The fourth-order valence-electron chi connectivity index (χ4n) is 3.42. The van der Waals surface area contributed by atoms with Gasteiger partial charge in [0.1, 0.15) is 5.01 Å². The third-order valence-corrected chi connectivity index (χ3v) is 6.02. The van der Waals surface area contributed by atoms with Gasteiger partial charge in [0.05, 0.1) is 34.7 Å². The van der Waals surface area contributed by atoms with E-state index in [1.54, 1.807) is 11.3 Å². The van der Waals surface area contributed by atoms with Crippen LogP contribution >= 0.6 is 11.3 Å². The summed E-state index contributed by atoms with van der Waals surface area (Å²) in [4.78, 5) is 16.1. The molecule has 1 N–H and O–H groups in total. The molecular formula is C26H24Cl2N4OSZn. The zero-order valence-electron chi connectivity index (χ0n) is 19.3. The Hall–Kier alpha value is -2.41. The van der Waals surface area contributed by atoms with Crippen molar-refractivity contribution in [2.45, 2.75) is 13.1 Å². The Morgan fingerprint density at radius 2 is 1.26 bits per heavy atom. The van der Waals surface area contributed by atoms with Crippen molar-refractivity contribution in [3.05, 3.63) is 109 Å². The molecule has 5 aromatic rings. The molecule has 5 rings (SSSR count). The summed E-state index contributed by atoms with van der Waals surface area (Å²) in [6.45, 7) is 1.44. The van der Waals surface area contributed by atoms with E-state index in [2.05, 4.69) is 69.5 Å². The van der Waals surface area contributed by atoms with Crippen molar-refractivity contribution in [1.82, 2.24) is 15.0 Å². The van der Waals surface area contributed by atoms with Gasteiger partial charge in [-0.15, -0.1) is 11.3 Å². The van der Waals surface area contributed by atoms with Crippen LogP contribution in [0.2, 0.25) is 0 Å². The minimum Gasteiger partial charge on any atom is -1.00 e. The molecule has 0 aliphatic rings. The van der Waals surface area contributed by atoms with Gasteiger partial charge in [-0.1, -0.05) is 24.3 Å². The average Bonchev–Trinajstić information content (AvgIpc) is 3.31. The van der Waals surface area contributed by atoms with E-state index in [0.29, 0.717) is 0 Å². The van der Waals surface area contributed by atoms with E-state index in [9.17, 15) is 0 Å². The number of aliphatic hydroxyl groups excluding tert-OH is 1. The summed E-state index contributed by atoms with van der Waals surface area (Å²) in [6.07, 6.45) is 3.68. The van der Waals surface area contributed by atoms with Gasteiger partial charge in [0, 0.05) is 30.8 Å². The second-order valence-electron chi connectivity index (χ2n) is 7.03. The quantitative estimate of drug-likeness (QED) is 0.278. The van der Waals surface area contributed by atoms with Crippen LogP contribution in [0.25, 0.3) is 20.8 Å². The summed E-state index contributed by atoms with van der Waals surface area (Å²) in [5.41, 5.74) is 5.38. The largest absolute Gasteiger partial charge is 2.00 e. The number of rotatable bonds is 6.